The van der Waals surface area contributed by atoms with E-state index in [1.54, 1.807) is 12.0 Å². The Kier molecular flexibility index (Phi) is 4.46. The molecule has 1 saturated heterocycles. The first-order valence-electron chi connectivity index (χ1n) is 6.33. The number of anilines is 1. The first-order chi connectivity index (χ1) is 8.99. The number of rotatable bonds is 3. The second kappa shape index (κ2) is 5.75. The fraction of sp³-hybridized carbons (Fsp3) is 0.571. The highest BCUT2D eigenvalue weighted by Gasteiger charge is 2.33. The largest absolute Gasteiger partial charge is 0.377 e. The Morgan fingerprint density at radius 3 is 2.53 bits per heavy atom. The predicted octanol–water partition coefficient (Wildman–Crippen LogP) is 3.87. The molecule has 0 spiro atoms. The van der Waals surface area contributed by atoms with E-state index in [2.05, 4.69) is 15.9 Å². The average molecular weight is 334 g/mol. The second-order valence-electron chi connectivity index (χ2n) is 5.22. The first-order valence-corrected chi connectivity index (χ1v) is 7.45. The number of benzene rings is 1. The highest BCUT2D eigenvalue weighted by atomic mass is 79.9. The van der Waals surface area contributed by atoms with Crippen LogP contribution in [-0.2, 0) is 10.1 Å². The van der Waals surface area contributed by atoms with Gasteiger partial charge in [0.05, 0.1) is 5.60 Å². The smallest absolute Gasteiger partial charge is 0.149 e. The number of hydrogen-bond acceptors (Lipinski definition) is 2. The summed E-state index contributed by atoms with van der Waals surface area (Å²) in [7, 11) is 1.64. The normalized spacial score (nSPS) is 23.7. The third kappa shape index (κ3) is 3.08. The maximum atomic E-state index is 14.1. The van der Waals surface area contributed by atoms with E-state index in [1.807, 2.05) is 6.92 Å². The molecule has 0 N–H and O–H groups in total. The van der Waals surface area contributed by atoms with Gasteiger partial charge in [-0.3, -0.25) is 0 Å². The summed E-state index contributed by atoms with van der Waals surface area (Å²) in [6.07, 6.45) is 1.77. The summed E-state index contributed by atoms with van der Waals surface area (Å²) >= 11 is 3.21. The van der Waals surface area contributed by atoms with E-state index in [0.717, 1.165) is 12.8 Å². The SMILES string of the molecule is COC1(C)CCCN(c2c(F)cc(CBr)cc2F)C1. The monoisotopic (exact) mass is 333 g/mol. The van der Waals surface area contributed by atoms with Gasteiger partial charge in [-0.2, -0.15) is 0 Å². The van der Waals surface area contributed by atoms with Gasteiger partial charge in [0.1, 0.15) is 17.3 Å². The number of methoxy groups -OCH3 is 1. The third-order valence-corrected chi connectivity index (χ3v) is 4.35. The van der Waals surface area contributed by atoms with Crippen LogP contribution < -0.4 is 4.90 Å². The fourth-order valence-electron chi connectivity index (χ4n) is 2.56. The van der Waals surface area contributed by atoms with Gasteiger partial charge in [0.25, 0.3) is 0 Å². The van der Waals surface area contributed by atoms with E-state index in [-0.39, 0.29) is 11.3 Å². The number of piperidine rings is 1. The molecule has 19 heavy (non-hydrogen) atoms. The van der Waals surface area contributed by atoms with Gasteiger partial charge in [0.15, 0.2) is 0 Å². The average Bonchev–Trinajstić information content (AvgIpc) is 2.38. The molecule has 0 bridgehead atoms. The van der Waals surface area contributed by atoms with Gasteiger partial charge in [-0.1, -0.05) is 15.9 Å². The van der Waals surface area contributed by atoms with Crippen LogP contribution in [0.3, 0.4) is 0 Å². The van der Waals surface area contributed by atoms with Crippen molar-refractivity contribution in [3.05, 3.63) is 29.3 Å². The van der Waals surface area contributed by atoms with Crippen molar-refractivity contribution in [3.8, 4) is 0 Å². The minimum atomic E-state index is -0.505. The molecule has 2 rings (SSSR count). The van der Waals surface area contributed by atoms with Crippen LogP contribution in [0.25, 0.3) is 0 Å². The van der Waals surface area contributed by atoms with Crippen LogP contribution in [0, 0.1) is 11.6 Å². The van der Waals surface area contributed by atoms with Crippen molar-refractivity contribution in [3.63, 3.8) is 0 Å². The van der Waals surface area contributed by atoms with E-state index in [4.69, 9.17) is 4.74 Å². The van der Waals surface area contributed by atoms with Gasteiger partial charge in [0.2, 0.25) is 0 Å². The Hall–Kier alpha value is -0.680. The molecular formula is C14H18BrF2NO. The van der Waals surface area contributed by atoms with Crippen LogP contribution in [0.5, 0.6) is 0 Å². The zero-order valence-corrected chi connectivity index (χ0v) is 12.8. The Balaban J connectivity index is 2.31. The van der Waals surface area contributed by atoms with E-state index in [0.29, 0.717) is 24.0 Å². The van der Waals surface area contributed by atoms with Crippen molar-refractivity contribution < 1.29 is 13.5 Å². The number of hydrogen-bond donors (Lipinski definition) is 0. The maximum Gasteiger partial charge on any atom is 0.149 e. The molecule has 0 aliphatic carbocycles. The molecule has 1 aromatic carbocycles. The van der Waals surface area contributed by atoms with Gasteiger partial charge in [-0.05, 0) is 37.5 Å². The first kappa shape index (κ1) is 14.7. The molecule has 0 aromatic heterocycles. The van der Waals surface area contributed by atoms with Crippen LogP contribution in [0.1, 0.15) is 25.3 Å². The van der Waals surface area contributed by atoms with Crippen molar-refractivity contribution in [1.29, 1.82) is 0 Å². The summed E-state index contributed by atoms with van der Waals surface area (Å²) in [5.41, 5.74) is 0.323. The lowest BCUT2D eigenvalue weighted by molar-refractivity contribution is -0.00489. The lowest BCUT2D eigenvalue weighted by Gasteiger charge is -2.40. The fourth-order valence-corrected chi connectivity index (χ4v) is 2.88. The molecule has 0 radical (unpaired) electrons. The summed E-state index contributed by atoms with van der Waals surface area (Å²) < 4.78 is 33.7. The van der Waals surface area contributed by atoms with Crippen LogP contribution in [0.2, 0.25) is 0 Å². The third-order valence-electron chi connectivity index (χ3n) is 3.70. The van der Waals surface area contributed by atoms with Crippen LogP contribution in [-0.4, -0.2) is 25.8 Å². The van der Waals surface area contributed by atoms with Crippen molar-refractivity contribution >= 4 is 21.6 Å². The lowest BCUT2D eigenvalue weighted by atomic mass is 9.94. The van der Waals surface area contributed by atoms with E-state index >= 15 is 0 Å². The quantitative estimate of drug-likeness (QED) is 0.778. The van der Waals surface area contributed by atoms with Gasteiger partial charge in [0, 0.05) is 25.5 Å². The predicted molar refractivity (Wildman–Crippen MR) is 75.9 cm³/mol. The summed E-state index contributed by atoms with van der Waals surface area (Å²) in [6.45, 7) is 3.13. The topological polar surface area (TPSA) is 12.5 Å². The highest BCUT2D eigenvalue weighted by Crippen LogP contribution is 2.32. The van der Waals surface area contributed by atoms with Crippen molar-refractivity contribution in [2.45, 2.75) is 30.7 Å². The lowest BCUT2D eigenvalue weighted by Crippen LogP contribution is -2.48. The molecule has 5 heteroatoms. The zero-order valence-electron chi connectivity index (χ0n) is 11.2. The highest BCUT2D eigenvalue weighted by molar-refractivity contribution is 9.08. The summed E-state index contributed by atoms with van der Waals surface area (Å²) in [5, 5.41) is 0.441. The van der Waals surface area contributed by atoms with Gasteiger partial charge < -0.3 is 9.64 Å². The Morgan fingerprint density at radius 1 is 1.37 bits per heavy atom. The van der Waals surface area contributed by atoms with Gasteiger partial charge in [-0.15, -0.1) is 0 Å². The van der Waals surface area contributed by atoms with Gasteiger partial charge >= 0.3 is 0 Å². The Labute approximate surface area is 120 Å². The molecule has 1 aliphatic rings. The second-order valence-corrected chi connectivity index (χ2v) is 5.78. The minimum absolute atomic E-state index is 0.0627. The molecule has 1 aromatic rings. The number of halogens is 3. The van der Waals surface area contributed by atoms with Crippen molar-refractivity contribution in [2.75, 3.05) is 25.1 Å². The molecule has 106 valence electrons. The summed E-state index contributed by atoms with van der Waals surface area (Å²) in [4.78, 5) is 1.75. The number of ether oxygens (including phenoxy) is 1. The molecular weight excluding hydrogens is 316 g/mol. The molecule has 1 fully saturated rings. The molecule has 1 unspecified atom stereocenters. The summed E-state index contributed by atoms with van der Waals surface area (Å²) in [5.74, 6) is -1.01. The molecule has 0 saturated carbocycles. The van der Waals surface area contributed by atoms with Crippen LogP contribution in [0.15, 0.2) is 12.1 Å². The van der Waals surface area contributed by atoms with Crippen molar-refractivity contribution in [1.82, 2.24) is 0 Å². The standard InChI is InChI=1S/C14H18BrF2NO/c1-14(19-2)4-3-5-18(9-14)13-11(16)6-10(8-15)7-12(13)17/h6-7H,3-5,8-9H2,1-2H3. The molecule has 0 amide bonds. The van der Waals surface area contributed by atoms with E-state index < -0.39 is 11.6 Å². The molecule has 1 aliphatic heterocycles. The zero-order chi connectivity index (χ0) is 14.0. The van der Waals surface area contributed by atoms with E-state index in [1.165, 1.54) is 12.1 Å². The molecule has 2 nitrogen and oxygen atoms in total. The molecule has 1 atom stereocenters. The van der Waals surface area contributed by atoms with Gasteiger partial charge in [-0.25, -0.2) is 8.78 Å². The Bertz CT molecular complexity index is 446. The minimum Gasteiger partial charge on any atom is -0.377 e. The van der Waals surface area contributed by atoms with Crippen LogP contribution in [0.4, 0.5) is 14.5 Å². The van der Waals surface area contributed by atoms with Crippen LogP contribution >= 0.6 is 15.9 Å². The maximum absolute atomic E-state index is 14.1. The summed E-state index contributed by atoms with van der Waals surface area (Å²) in [6, 6.07) is 2.76. The Morgan fingerprint density at radius 2 is 2.00 bits per heavy atom. The molecule has 1 heterocycles. The number of alkyl halides is 1. The van der Waals surface area contributed by atoms with Crippen molar-refractivity contribution in [2.24, 2.45) is 0 Å². The van der Waals surface area contributed by atoms with E-state index in [9.17, 15) is 8.78 Å². The number of nitrogens with zero attached hydrogens (tertiary/aromatic N) is 1.